The molecular weight excluding hydrogens is 449 g/mol. The summed E-state index contributed by atoms with van der Waals surface area (Å²) in [4.78, 5) is 19.6. The van der Waals surface area contributed by atoms with Crippen LogP contribution < -0.4 is 27.0 Å². The van der Waals surface area contributed by atoms with E-state index in [0.717, 1.165) is 43.2 Å². The molecule has 4 rings (SSSR count). The minimum Gasteiger partial charge on any atom is -0.403 e. The quantitative estimate of drug-likeness (QED) is 0.310. The Hall–Kier alpha value is -4.25. The van der Waals surface area contributed by atoms with Crippen molar-refractivity contribution in [1.29, 1.82) is 0 Å². The van der Waals surface area contributed by atoms with E-state index in [4.69, 9.17) is 16.2 Å². The molecule has 0 aliphatic carbocycles. The largest absolute Gasteiger partial charge is 0.403 e. The molecule has 1 fully saturated rings. The van der Waals surface area contributed by atoms with E-state index in [-0.39, 0.29) is 5.82 Å². The molecule has 0 unspecified atom stereocenters. The zero-order valence-electron chi connectivity index (χ0n) is 19.8. The third-order valence-electron chi connectivity index (χ3n) is 4.99. The van der Waals surface area contributed by atoms with Crippen molar-refractivity contribution in [2.45, 2.75) is 0 Å². The van der Waals surface area contributed by atoms with Crippen molar-refractivity contribution < 1.29 is 9.13 Å². The summed E-state index contributed by atoms with van der Waals surface area (Å²) in [6.07, 6.45) is 6.61. The fourth-order valence-corrected chi connectivity index (χ4v) is 3.22. The van der Waals surface area contributed by atoms with Crippen LogP contribution in [0.3, 0.4) is 0 Å². The molecule has 0 saturated carbocycles. The Bertz CT molecular complexity index is 1110. The lowest BCUT2D eigenvalue weighted by atomic mass is 10.1. The van der Waals surface area contributed by atoms with E-state index >= 15 is 0 Å². The standard InChI is InChI=1S/C18H24N8O.C6H6FN/c1-20-11-14(9-19)24-18-23-12-15(17(21-2)25-18)13-3-4-16(22-10-13)26-5-7-27-8-6-26;7-5-1-3-6(8)4-2-5/h3-4,9-12H,5-8,19H2,1-2H3,(H2,21,23,24,25);1-4H,8H2/b14-9+,20-11?;. The summed E-state index contributed by atoms with van der Waals surface area (Å²) in [5.74, 6) is 1.82. The number of allylic oxidation sites excluding steroid dienone is 1. The monoisotopic (exact) mass is 479 g/mol. The highest BCUT2D eigenvalue weighted by molar-refractivity contribution is 5.82. The number of rotatable bonds is 6. The Kier molecular flexibility index (Phi) is 9.31. The minimum absolute atomic E-state index is 0.251. The summed E-state index contributed by atoms with van der Waals surface area (Å²) in [5.41, 5.74) is 13.8. The van der Waals surface area contributed by atoms with Gasteiger partial charge in [-0.3, -0.25) is 4.99 Å². The van der Waals surface area contributed by atoms with Gasteiger partial charge in [-0.25, -0.2) is 14.4 Å². The second kappa shape index (κ2) is 12.8. The first-order chi connectivity index (χ1) is 17.0. The van der Waals surface area contributed by atoms with Crippen molar-refractivity contribution in [3.8, 4) is 11.1 Å². The van der Waals surface area contributed by atoms with E-state index in [1.54, 1.807) is 19.5 Å². The van der Waals surface area contributed by atoms with Crippen LogP contribution in [0, 0.1) is 5.82 Å². The van der Waals surface area contributed by atoms with Gasteiger partial charge < -0.3 is 31.7 Å². The van der Waals surface area contributed by atoms with Crippen LogP contribution in [0.4, 0.5) is 27.7 Å². The van der Waals surface area contributed by atoms with E-state index < -0.39 is 0 Å². The van der Waals surface area contributed by atoms with E-state index in [2.05, 4.69) is 35.5 Å². The van der Waals surface area contributed by atoms with Crippen molar-refractivity contribution in [3.63, 3.8) is 0 Å². The molecule has 11 heteroatoms. The third kappa shape index (κ3) is 7.37. The second-order valence-corrected chi connectivity index (χ2v) is 7.40. The lowest BCUT2D eigenvalue weighted by Gasteiger charge is -2.27. The fraction of sp³-hybridized carbons (Fsp3) is 0.250. The number of hydrogen-bond donors (Lipinski definition) is 4. The van der Waals surface area contributed by atoms with Crippen LogP contribution in [0.2, 0.25) is 0 Å². The van der Waals surface area contributed by atoms with Crippen molar-refractivity contribution in [2.75, 3.05) is 61.7 Å². The number of hydrogen-bond acceptors (Lipinski definition) is 10. The molecule has 184 valence electrons. The minimum atomic E-state index is -0.251. The van der Waals surface area contributed by atoms with Gasteiger partial charge in [-0.1, -0.05) is 0 Å². The highest BCUT2D eigenvalue weighted by Crippen LogP contribution is 2.27. The van der Waals surface area contributed by atoms with E-state index in [1.165, 1.54) is 30.5 Å². The maximum atomic E-state index is 12.0. The summed E-state index contributed by atoms with van der Waals surface area (Å²) in [7, 11) is 3.49. The van der Waals surface area contributed by atoms with Crippen LogP contribution in [0.25, 0.3) is 11.1 Å². The number of anilines is 4. The number of nitrogens with two attached hydrogens (primary N) is 2. The van der Waals surface area contributed by atoms with Crippen LogP contribution in [0.1, 0.15) is 0 Å². The Balaban J connectivity index is 0.000000363. The Morgan fingerprint density at radius 3 is 2.43 bits per heavy atom. The van der Waals surface area contributed by atoms with Crippen LogP contribution in [0.5, 0.6) is 0 Å². The lowest BCUT2D eigenvalue weighted by Crippen LogP contribution is -2.36. The molecule has 35 heavy (non-hydrogen) atoms. The molecular formula is C24H30FN9O. The van der Waals surface area contributed by atoms with Crippen molar-refractivity contribution in [3.05, 3.63) is 66.5 Å². The van der Waals surface area contributed by atoms with E-state index in [9.17, 15) is 4.39 Å². The lowest BCUT2D eigenvalue weighted by molar-refractivity contribution is 0.122. The summed E-state index contributed by atoms with van der Waals surface area (Å²) >= 11 is 0. The number of aromatic nitrogens is 3. The summed E-state index contributed by atoms with van der Waals surface area (Å²) < 4.78 is 17.4. The Morgan fingerprint density at radius 1 is 1.11 bits per heavy atom. The molecule has 3 aromatic rings. The topological polar surface area (TPSA) is 140 Å². The number of ether oxygens (including phenoxy) is 1. The first kappa shape index (κ1) is 25.4. The first-order valence-corrected chi connectivity index (χ1v) is 11.0. The fourth-order valence-electron chi connectivity index (χ4n) is 3.22. The zero-order valence-corrected chi connectivity index (χ0v) is 19.8. The molecule has 0 bridgehead atoms. The van der Waals surface area contributed by atoms with E-state index in [0.29, 0.717) is 23.2 Å². The molecule has 6 N–H and O–H groups in total. The predicted molar refractivity (Wildman–Crippen MR) is 139 cm³/mol. The number of benzene rings is 1. The number of pyridine rings is 1. The van der Waals surface area contributed by atoms with Crippen LogP contribution in [-0.2, 0) is 4.74 Å². The number of halogens is 1. The maximum Gasteiger partial charge on any atom is 0.229 e. The Labute approximate surface area is 204 Å². The number of nitrogen functional groups attached to an aromatic ring is 1. The van der Waals surface area contributed by atoms with E-state index in [1.807, 2.05) is 25.4 Å². The second-order valence-electron chi connectivity index (χ2n) is 7.40. The zero-order chi connectivity index (χ0) is 25.0. The molecule has 0 amide bonds. The average Bonchev–Trinajstić information content (AvgIpc) is 2.91. The maximum absolute atomic E-state index is 12.0. The molecule has 0 spiro atoms. The molecule has 1 aromatic carbocycles. The summed E-state index contributed by atoms with van der Waals surface area (Å²) in [5, 5.41) is 6.13. The third-order valence-corrected chi connectivity index (χ3v) is 4.99. The molecule has 10 nitrogen and oxygen atoms in total. The van der Waals surface area contributed by atoms with Crippen LogP contribution in [0.15, 0.2) is 65.7 Å². The number of morpholine rings is 1. The van der Waals surface area contributed by atoms with Gasteiger partial charge in [-0.2, -0.15) is 4.98 Å². The van der Waals surface area contributed by atoms with Gasteiger partial charge in [-0.15, -0.1) is 0 Å². The van der Waals surface area contributed by atoms with Crippen molar-refractivity contribution in [1.82, 2.24) is 15.0 Å². The molecule has 1 aliphatic heterocycles. The normalized spacial score (nSPS) is 13.8. The van der Waals surface area contributed by atoms with Gasteiger partial charge in [0.25, 0.3) is 0 Å². The van der Waals surface area contributed by atoms with Gasteiger partial charge in [-0.05, 0) is 36.4 Å². The van der Waals surface area contributed by atoms with Gasteiger partial charge in [0.15, 0.2) is 0 Å². The number of nitrogens with one attached hydrogen (secondary N) is 2. The molecule has 0 atom stereocenters. The summed E-state index contributed by atoms with van der Waals surface area (Å²) in [6.45, 7) is 3.18. The van der Waals surface area contributed by atoms with Gasteiger partial charge in [0.1, 0.15) is 17.5 Å². The smallest absolute Gasteiger partial charge is 0.229 e. The van der Waals surface area contributed by atoms with Gasteiger partial charge in [0.2, 0.25) is 5.95 Å². The number of nitrogens with zero attached hydrogens (tertiary/aromatic N) is 5. The molecule has 1 saturated heterocycles. The van der Waals surface area contributed by atoms with Crippen molar-refractivity contribution >= 4 is 29.5 Å². The molecule has 1 aliphatic rings. The first-order valence-electron chi connectivity index (χ1n) is 11.0. The van der Waals surface area contributed by atoms with Crippen LogP contribution >= 0.6 is 0 Å². The van der Waals surface area contributed by atoms with Crippen LogP contribution in [-0.4, -0.2) is 61.6 Å². The highest BCUT2D eigenvalue weighted by atomic mass is 19.1. The molecule has 2 aromatic heterocycles. The SMILES string of the molecule is CN=C/C(=C\N)Nc1ncc(-c2ccc(N3CCOCC3)nc2)c(NC)n1.Nc1ccc(F)cc1. The van der Waals surface area contributed by atoms with Gasteiger partial charge >= 0.3 is 0 Å². The van der Waals surface area contributed by atoms with Crippen molar-refractivity contribution in [2.24, 2.45) is 10.7 Å². The molecule has 3 heterocycles. The van der Waals surface area contributed by atoms with Gasteiger partial charge in [0.05, 0.1) is 18.9 Å². The average molecular weight is 480 g/mol. The van der Waals surface area contributed by atoms with Gasteiger partial charge in [0, 0.05) is 68.8 Å². The number of aliphatic imine (C=N–C) groups is 1. The molecule has 0 radical (unpaired) electrons. The predicted octanol–water partition coefficient (Wildman–Crippen LogP) is 2.74. The highest BCUT2D eigenvalue weighted by Gasteiger charge is 2.14. The summed E-state index contributed by atoms with van der Waals surface area (Å²) in [6, 6.07) is 9.74. The Morgan fingerprint density at radius 2 is 1.86 bits per heavy atom.